The van der Waals surface area contributed by atoms with Gasteiger partial charge in [-0.15, -0.1) is 0 Å². The summed E-state index contributed by atoms with van der Waals surface area (Å²) in [6, 6.07) is 0. The Morgan fingerprint density at radius 1 is 1.00 bits per heavy atom. The first-order valence-corrected chi connectivity index (χ1v) is 5.04. The maximum atomic E-state index is 2.50. The van der Waals surface area contributed by atoms with Gasteiger partial charge in [0.2, 0.25) is 0 Å². The Labute approximate surface area is 69.4 Å². The van der Waals surface area contributed by atoms with Crippen molar-refractivity contribution in [2.45, 2.75) is 40.0 Å². The van der Waals surface area contributed by atoms with E-state index in [1.807, 2.05) is 0 Å². The molecule has 0 aromatic rings. The fraction of sp³-hybridized carbons (Fsp3) is 1.00. The molecule has 3 aliphatic carbocycles. The fourth-order valence-electron chi connectivity index (χ4n) is 3.66. The van der Waals surface area contributed by atoms with Crippen LogP contribution in [0.5, 0.6) is 0 Å². The molecule has 3 rings (SSSR count). The molecule has 3 aliphatic rings. The van der Waals surface area contributed by atoms with Crippen molar-refractivity contribution in [1.29, 1.82) is 0 Å². The van der Waals surface area contributed by atoms with Gasteiger partial charge in [-0.25, -0.2) is 0 Å². The van der Waals surface area contributed by atoms with E-state index in [1.165, 1.54) is 0 Å². The van der Waals surface area contributed by atoms with Crippen LogP contribution in [0.4, 0.5) is 0 Å². The summed E-state index contributed by atoms with van der Waals surface area (Å²) < 4.78 is 0. The molecule has 0 heterocycles. The van der Waals surface area contributed by atoms with E-state index in [1.54, 1.807) is 19.3 Å². The Morgan fingerprint density at radius 3 is 2.36 bits per heavy atom. The Hall–Kier alpha value is 0. The van der Waals surface area contributed by atoms with Crippen LogP contribution in [0.25, 0.3) is 0 Å². The molecule has 0 bridgehead atoms. The SMILES string of the molecule is CC1(C)[C@@H]2C[C@@]3(C)C[C@@H]3C[C@@H]21. The molecule has 4 atom stereocenters. The molecule has 0 radical (unpaired) electrons. The first-order valence-electron chi connectivity index (χ1n) is 5.04. The van der Waals surface area contributed by atoms with Crippen LogP contribution in [-0.2, 0) is 0 Å². The molecular weight excluding hydrogens is 132 g/mol. The van der Waals surface area contributed by atoms with Crippen LogP contribution >= 0.6 is 0 Å². The average Bonchev–Trinajstić information content (AvgIpc) is 2.68. The fourth-order valence-corrected chi connectivity index (χ4v) is 3.66. The van der Waals surface area contributed by atoms with E-state index in [2.05, 4.69) is 20.8 Å². The number of rotatable bonds is 0. The highest BCUT2D eigenvalue weighted by atomic mass is 14.7. The van der Waals surface area contributed by atoms with E-state index in [4.69, 9.17) is 0 Å². The lowest BCUT2D eigenvalue weighted by Gasteiger charge is -2.15. The summed E-state index contributed by atoms with van der Waals surface area (Å²) in [6.45, 7) is 7.44. The number of hydrogen-bond acceptors (Lipinski definition) is 0. The van der Waals surface area contributed by atoms with E-state index < -0.39 is 0 Å². The van der Waals surface area contributed by atoms with Gasteiger partial charge in [-0.1, -0.05) is 20.8 Å². The minimum absolute atomic E-state index is 0.733. The van der Waals surface area contributed by atoms with Gasteiger partial charge < -0.3 is 0 Å². The van der Waals surface area contributed by atoms with Crippen molar-refractivity contribution < 1.29 is 0 Å². The van der Waals surface area contributed by atoms with Crippen molar-refractivity contribution in [2.24, 2.45) is 28.6 Å². The second kappa shape index (κ2) is 1.41. The predicted octanol–water partition coefficient (Wildman–Crippen LogP) is 3.08. The van der Waals surface area contributed by atoms with E-state index in [0.29, 0.717) is 0 Å². The maximum Gasteiger partial charge on any atom is -0.0291 e. The Morgan fingerprint density at radius 2 is 1.73 bits per heavy atom. The summed E-state index contributed by atoms with van der Waals surface area (Å²) >= 11 is 0. The van der Waals surface area contributed by atoms with Crippen molar-refractivity contribution in [2.75, 3.05) is 0 Å². The third-order valence-electron chi connectivity index (χ3n) is 5.05. The van der Waals surface area contributed by atoms with Gasteiger partial charge in [0.15, 0.2) is 0 Å². The molecule has 3 fully saturated rings. The smallest absolute Gasteiger partial charge is 0.0291 e. The summed E-state index contributed by atoms with van der Waals surface area (Å²) in [5.74, 6) is 3.35. The van der Waals surface area contributed by atoms with Crippen molar-refractivity contribution in [3.8, 4) is 0 Å². The Bertz CT molecular complexity index is 216. The van der Waals surface area contributed by atoms with Crippen LogP contribution in [0.1, 0.15) is 40.0 Å². The molecule has 0 aliphatic heterocycles. The lowest BCUT2D eigenvalue weighted by atomic mass is 9.90. The summed E-state index contributed by atoms with van der Waals surface area (Å²) in [6.07, 6.45) is 4.67. The van der Waals surface area contributed by atoms with Crippen LogP contribution in [0.3, 0.4) is 0 Å². The van der Waals surface area contributed by atoms with Crippen molar-refractivity contribution in [1.82, 2.24) is 0 Å². The summed E-state index contributed by atoms with van der Waals surface area (Å²) in [5.41, 5.74) is 1.55. The van der Waals surface area contributed by atoms with Crippen LogP contribution < -0.4 is 0 Å². The Balaban J connectivity index is 1.85. The van der Waals surface area contributed by atoms with Crippen molar-refractivity contribution in [3.05, 3.63) is 0 Å². The molecule has 0 N–H and O–H groups in total. The van der Waals surface area contributed by atoms with Gasteiger partial charge in [0, 0.05) is 0 Å². The molecule has 0 unspecified atom stereocenters. The van der Waals surface area contributed by atoms with Crippen molar-refractivity contribution in [3.63, 3.8) is 0 Å². The molecule has 11 heavy (non-hydrogen) atoms. The topological polar surface area (TPSA) is 0 Å². The average molecular weight is 150 g/mol. The zero-order valence-corrected chi connectivity index (χ0v) is 7.85. The molecule has 0 saturated heterocycles. The first kappa shape index (κ1) is 6.51. The summed E-state index contributed by atoms with van der Waals surface area (Å²) in [5, 5.41) is 0. The minimum atomic E-state index is 0.733. The van der Waals surface area contributed by atoms with Gasteiger partial charge >= 0.3 is 0 Å². The van der Waals surface area contributed by atoms with Gasteiger partial charge in [0.25, 0.3) is 0 Å². The highest BCUT2D eigenvalue weighted by Crippen LogP contribution is 2.76. The van der Waals surface area contributed by atoms with Crippen LogP contribution in [-0.4, -0.2) is 0 Å². The zero-order chi connectivity index (χ0) is 7.85. The monoisotopic (exact) mass is 150 g/mol. The van der Waals surface area contributed by atoms with E-state index in [0.717, 1.165) is 28.6 Å². The van der Waals surface area contributed by atoms with E-state index in [-0.39, 0.29) is 0 Å². The second-order valence-corrected chi connectivity index (χ2v) is 6.03. The lowest BCUT2D eigenvalue weighted by molar-refractivity contribution is 0.348. The molecular formula is C11H18. The molecule has 0 spiro atoms. The van der Waals surface area contributed by atoms with Crippen LogP contribution in [0.2, 0.25) is 0 Å². The maximum absolute atomic E-state index is 2.50. The van der Waals surface area contributed by atoms with Crippen molar-refractivity contribution >= 4 is 0 Å². The molecule has 0 amide bonds. The normalized spacial score (nSPS) is 63.0. The predicted molar refractivity (Wildman–Crippen MR) is 46.2 cm³/mol. The zero-order valence-electron chi connectivity index (χ0n) is 7.85. The molecule has 62 valence electrons. The third kappa shape index (κ3) is 0.625. The van der Waals surface area contributed by atoms with Gasteiger partial charge in [-0.2, -0.15) is 0 Å². The largest absolute Gasteiger partial charge is 0.0594 e. The highest BCUT2D eigenvalue weighted by Gasteiger charge is 2.68. The standard InChI is InChI=1S/C11H18/c1-10(2)8-4-7-5-11(7,3)6-9(8)10/h7-9H,4-6H2,1-3H3/t7-,8-,9+,11+/m0/s1. The quantitative estimate of drug-likeness (QED) is 0.498. The summed E-state index contributed by atoms with van der Waals surface area (Å²) in [4.78, 5) is 0. The Kier molecular flexibility index (Phi) is 0.832. The van der Waals surface area contributed by atoms with Gasteiger partial charge in [0.1, 0.15) is 0 Å². The van der Waals surface area contributed by atoms with Gasteiger partial charge in [-0.3, -0.25) is 0 Å². The van der Waals surface area contributed by atoms with Crippen LogP contribution in [0.15, 0.2) is 0 Å². The van der Waals surface area contributed by atoms with E-state index in [9.17, 15) is 0 Å². The minimum Gasteiger partial charge on any atom is -0.0594 e. The van der Waals surface area contributed by atoms with E-state index >= 15 is 0 Å². The third-order valence-corrected chi connectivity index (χ3v) is 5.05. The first-order chi connectivity index (χ1) is 5.04. The molecule has 3 saturated carbocycles. The molecule has 0 nitrogen and oxygen atoms in total. The summed E-state index contributed by atoms with van der Waals surface area (Å²) in [7, 11) is 0. The highest BCUT2D eigenvalue weighted by molar-refractivity contribution is 5.17. The number of hydrogen-bond donors (Lipinski definition) is 0. The van der Waals surface area contributed by atoms with Gasteiger partial charge in [-0.05, 0) is 47.8 Å². The van der Waals surface area contributed by atoms with Gasteiger partial charge in [0.05, 0.1) is 0 Å². The number of fused-ring (bicyclic) bond motifs is 2. The molecule has 0 aromatic heterocycles. The molecule has 0 heteroatoms. The van der Waals surface area contributed by atoms with Crippen LogP contribution in [0, 0.1) is 28.6 Å². The molecule has 0 aromatic carbocycles. The lowest BCUT2D eigenvalue weighted by Crippen LogP contribution is -2.06. The second-order valence-electron chi connectivity index (χ2n) is 6.03.